The van der Waals surface area contributed by atoms with Crippen LogP contribution in [-0.4, -0.2) is 11.7 Å². The zero-order valence-electron chi connectivity index (χ0n) is 8.80. The molecule has 76 valence electrons. The molecule has 0 N–H and O–H groups in total. The van der Waals surface area contributed by atoms with Crippen LogP contribution in [-0.2, 0) is 0 Å². The van der Waals surface area contributed by atoms with Crippen LogP contribution in [0.25, 0.3) is 6.08 Å². The van der Waals surface area contributed by atoms with E-state index in [1.54, 1.807) is 18.6 Å². The molecule has 0 amide bonds. The molecule has 0 saturated carbocycles. The molecule has 0 aliphatic rings. The summed E-state index contributed by atoms with van der Waals surface area (Å²) in [6, 6.07) is 3.92. The van der Waals surface area contributed by atoms with Crippen LogP contribution in [0.1, 0.15) is 12.5 Å². The van der Waals surface area contributed by atoms with Gasteiger partial charge in [0.2, 0.25) is 0 Å². The Balaban J connectivity index is 2.72. The number of hydrogen-bond acceptors (Lipinski definition) is 2. The van der Waals surface area contributed by atoms with Crippen molar-refractivity contribution >= 4 is 12.8 Å². The summed E-state index contributed by atoms with van der Waals surface area (Å²) >= 11 is 0. The largest absolute Gasteiger partial charge is 0.272 e. The third kappa shape index (κ3) is 4.18. The van der Waals surface area contributed by atoms with Crippen LogP contribution in [0.5, 0.6) is 0 Å². The van der Waals surface area contributed by atoms with Gasteiger partial charge in [0.1, 0.15) is 0 Å². The maximum atomic E-state index is 3.96. The van der Waals surface area contributed by atoms with Gasteiger partial charge < -0.3 is 0 Å². The Labute approximate surface area is 90.4 Å². The molecule has 1 rings (SSSR count). The molecule has 1 aromatic rings. The van der Waals surface area contributed by atoms with Gasteiger partial charge in [0.05, 0.1) is 0 Å². The smallest absolute Gasteiger partial charge is 0.0273 e. The van der Waals surface area contributed by atoms with Crippen LogP contribution in [0.3, 0.4) is 0 Å². The molecule has 0 atom stereocenters. The van der Waals surface area contributed by atoms with E-state index in [0.717, 1.165) is 11.1 Å². The van der Waals surface area contributed by atoms with Crippen molar-refractivity contribution in [1.82, 2.24) is 4.98 Å². The maximum absolute atomic E-state index is 3.96. The minimum absolute atomic E-state index is 1.10. The number of aromatic nitrogens is 1. The van der Waals surface area contributed by atoms with Crippen LogP contribution in [0.2, 0.25) is 0 Å². The highest BCUT2D eigenvalue weighted by Crippen LogP contribution is 2.05. The molecule has 0 aromatic carbocycles. The number of hydrogen-bond donors (Lipinski definition) is 0. The zero-order chi connectivity index (χ0) is 10.9. The third-order valence-electron chi connectivity index (χ3n) is 1.88. The minimum atomic E-state index is 1.10. The van der Waals surface area contributed by atoms with E-state index in [9.17, 15) is 0 Å². The molecule has 0 bridgehead atoms. The average Bonchev–Trinajstić information content (AvgIpc) is 2.31. The van der Waals surface area contributed by atoms with E-state index < -0.39 is 0 Å². The van der Waals surface area contributed by atoms with Gasteiger partial charge >= 0.3 is 0 Å². The SMILES string of the molecule is C=N\C=C/C(=C\C)/C=C/c1ccncc1. The molecule has 0 unspecified atom stereocenters. The Morgan fingerprint density at radius 2 is 2.07 bits per heavy atom. The molecule has 15 heavy (non-hydrogen) atoms. The van der Waals surface area contributed by atoms with Crippen LogP contribution >= 0.6 is 0 Å². The molecule has 1 aromatic heterocycles. The second-order valence-corrected chi connectivity index (χ2v) is 2.90. The summed E-state index contributed by atoms with van der Waals surface area (Å²) in [5, 5.41) is 0. The van der Waals surface area contributed by atoms with Gasteiger partial charge in [-0.3, -0.25) is 9.98 Å². The standard InChI is InChI=1S/C13H14N2/c1-3-12(6-9-14-2)4-5-13-7-10-15-11-8-13/h3-11H,2H2,1H3/b5-4+,9-6-,12-3-. The summed E-state index contributed by atoms with van der Waals surface area (Å²) in [5.74, 6) is 0. The summed E-state index contributed by atoms with van der Waals surface area (Å²) in [5.41, 5.74) is 2.23. The van der Waals surface area contributed by atoms with Crippen LogP contribution in [0.4, 0.5) is 0 Å². The van der Waals surface area contributed by atoms with E-state index in [1.807, 2.05) is 43.4 Å². The van der Waals surface area contributed by atoms with Gasteiger partial charge in [-0.2, -0.15) is 0 Å². The van der Waals surface area contributed by atoms with E-state index >= 15 is 0 Å². The highest BCUT2D eigenvalue weighted by atomic mass is 14.6. The zero-order valence-corrected chi connectivity index (χ0v) is 8.80. The third-order valence-corrected chi connectivity index (χ3v) is 1.88. The lowest BCUT2D eigenvalue weighted by molar-refractivity contribution is 1.32. The Kier molecular flexibility index (Phi) is 4.81. The monoisotopic (exact) mass is 198 g/mol. The van der Waals surface area contributed by atoms with E-state index in [-0.39, 0.29) is 0 Å². The number of nitrogens with zero attached hydrogens (tertiary/aromatic N) is 2. The van der Waals surface area contributed by atoms with Crippen molar-refractivity contribution in [3.05, 3.63) is 60.1 Å². The Hall–Kier alpha value is -1.96. The molecule has 0 saturated heterocycles. The number of rotatable bonds is 4. The van der Waals surface area contributed by atoms with Gasteiger partial charge in [-0.05, 0) is 43.0 Å². The molecule has 0 aliphatic heterocycles. The Morgan fingerprint density at radius 1 is 1.33 bits per heavy atom. The fourth-order valence-corrected chi connectivity index (χ4v) is 1.05. The van der Waals surface area contributed by atoms with Crippen molar-refractivity contribution in [2.45, 2.75) is 6.92 Å². The lowest BCUT2D eigenvalue weighted by Crippen LogP contribution is -1.74. The topological polar surface area (TPSA) is 25.2 Å². The summed E-state index contributed by atoms with van der Waals surface area (Å²) in [4.78, 5) is 7.62. The molecular weight excluding hydrogens is 184 g/mol. The van der Waals surface area contributed by atoms with E-state index in [4.69, 9.17) is 0 Å². The van der Waals surface area contributed by atoms with E-state index in [2.05, 4.69) is 16.7 Å². The Morgan fingerprint density at radius 3 is 2.67 bits per heavy atom. The van der Waals surface area contributed by atoms with Crippen molar-refractivity contribution in [1.29, 1.82) is 0 Å². The van der Waals surface area contributed by atoms with Crippen molar-refractivity contribution in [3.63, 3.8) is 0 Å². The van der Waals surface area contributed by atoms with Gasteiger partial charge in [0.15, 0.2) is 0 Å². The van der Waals surface area contributed by atoms with Gasteiger partial charge in [-0.15, -0.1) is 0 Å². The summed E-state index contributed by atoms with van der Waals surface area (Å²) in [7, 11) is 0. The van der Waals surface area contributed by atoms with Crippen LogP contribution in [0.15, 0.2) is 59.5 Å². The fraction of sp³-hybridized carbons (Fsp3) is 0.0769. The first-order chi connectivity index (χ1) is 7.36. The van der Waals surface area contributed by atoms with Gasteiger partial charge in [0.25, 0.3) is 0 Å². The molecular formula is C13H14N2. The average molecular weight is 198 g/mol. The molecule has 0 fully saturated rings. The number of aliphatic imine (C=N–C) groups is 1. The fourth-order valence-electron chi connectivity index (χ4n) is 1.05. The number of pyridine rings is 1. The molecule has 0 spiro atoms. The first kappa shape index (κ1) is 11.1. The lowest BCUT2D eigenvalue weighted by Gasteiger charge is -1.92. The van der Waals surface area contributed by atoms with E-state index in [0.29, 0.717) is 0 Å². The molecule has 1 heterocycles. The quantitative estimate of drug-likeness (QED) is 0.538. The predicted octanol–water partition coefficient (Wildman–Crippen LogP) is 3.26. The highest BCUT2D eigenvalue weighted by Gasteiger charge is 1.85. The summed E-state index contributed by atoms with van der Waals surface area (Å²) < 4.78 is 0. The van der Waals surface area contributed by atoms with E-state index in [1.165, 1.54) is 0 Å². The molecule has 0 aliphatic carbocycles. The van der Waals surface area contributed by atoms with Gasteiger partial charge in [0, 0.05) is 18.6 Å². The Bertz CT molecular complexity index is 386. The second kappa shape index (κ2) is 6.49. The van der Waals surface area contributed by atoms with Crippen molar-refractivity contribution in [3.8, 4) is 0 Å². The maximum Gasteiger partial charge on any atom is 0.0273 e. The van der Waals surface area contributed by atoms with Crippen LogP contribution < -0.4 is 0 Å². The number of allylic oxidation sites excluding steroid dienone is 4. The van der Waals surface area contributed by atoms with Gasteiger partial charge in [-0.1, -0.05) is 18.2 Å². The lowest BCUT2D eigenvalue weighted by atomic mass is 10.2. The summed E-state index contributed by atoms with van der Waals surface area (Å²) in [6.07, 6.45) is 13.2. The predicted molar refractivity (Wildman–Crippen MR) is 65.7 cm³/mol. The van der Waals surface area contributed by atoms with Crippen molar-refractivity contribution < 1.29 is 0 Å². The molecule has 2 heteroatoms. The van der Waals surface area contributed by atoms with Gasteiger partial charge in [-0.25, -0.2) is 0 Å². The first-order valence-corrected chi connectivity index (χ1v) is 4.73. The second-order valence-electron chi connectivity index (χ2n) is 2.90. The normalized spacial score (nSPS) is 12.5. The van der Waals surface area contributed by atoms with Crippen molar-refractivity contribution in [2.75, 3.05) is 0 Å². The molecule has 2 nitrogen and oxygen atoms in total. The van der Waals surface area contributed by atoms with Crippen molar-refractivity contribution in [2.24, 2.45) is 4.99 Å². The van der Waals surface area contributed by atoms with Crippen LogP contribution in [0, 0.1) is 0 Å². The summed E-state index contributed by atoms with van der Waals surface area (Å²) in [6.45, 7) is 5.37. The molecule has 0 radical (unpaired) electrons. The minimum Gasteiger partial charge on any atom is -0.272 e. The highest BCUT2D eigenvalue weighted by molar-refractivity contribution is 5.53. The first-order valence-electron chi connectivity index (χ1n) is 4.73.